The number of aromatic amines is 2. The average molecular weight is 652 g/mol. The molecule has 7 aromatic rings. The van der Waals surface area contributed by atoms with Crippen molar-refractivity contribution in [2.24, 2.45) is 0 Å². The summed E-state index contributed by atoms with van der Waals surface area (Å²) in [6.45, 7) is 0. The van der Waals surface area contributed by atoms with Crippen molar-refractivity contribution in [2.75, 3.05) is 0 Å². The molecule has 44 heavy (non-hydrogen) atoms. The highest BCUT2D eigenvalue weighted by Crippen LogP contribution is 2.50. The molecule has 0 aliphatic heterocycles. The maximum absolute atomic E-state index is 7.02. The number of aromatic nitrogens is 4. The Morgan fingerprint density at radius 2 is 0.636 bits per heavy atom. The molecule has 8 heteroatoms. The van der Waals surface area contributed by atoms with Crippen LogP contribution >= 0.6 is 46.4 Å². The van der Waals surface area contributed by atoms with Crippen molar-refractivity contribution in [3.63, 3.8) is 0 Å². The highest BCUT2D eigenvalue weighted by Gasteiger charge is 2.28. The monoisotopic (exact) mass is 650 g/mol. The maximum Gasteiger partial charge on any atom is 0.141 e. The Kier molecular flexibility index (Phi) is 7.75. The molecule has 0 spiro atoms. The van der Waals surface area contributed by atoms with E-state index in [9.17, 15) is 0 Å². The van der Waals surface area contributed by atoms with Gasteiger partial charge in [-0.2, -0.15) is 0 Å². The van der Waals surface area contributed by atoms with Crippen LogP contribution in [0.25, 0.3) is 67.8 Å². The Hall–Kier alpha value is -4.32. The zero-order valence-electron chi connectivity index (χ0n) is 23.0. The molecule has 0 fully saturated rings. The lowest BCUT2D eigenvalue weighted by atomic mass is 10.1. The van der Waals surface area contributed by atoms with Gasteiger partial charge in [0.25, 0.3) is 0 Å². The second kappa shape index (κ2) is 12.0. The maximum atomic E-state index is 7.02. The molecule has 214 valence electrons. The Morgan fingerprint density at radius 1 is 0.364 bits per heavy atom. The molecule has 0 radical (unpaired) electrons. The second-order valence-electron chi connectivity index (χ2n) is 10.1. The quantitative estimate of drug-likeness (QED) is 0.176. The minimum absolute atomic E-state index is 0.211. The van der Waals surface area contributed by atoms with E-state index in [0.717, 1.165) is 45.0 Å². The standard InChI is InChI=1S/C36H22Cl4N4/c37-27-25(35-41-31(21-13-5-1-6-14-21)32(42-35)22-15-7-2-8-16-22)28(38)30(40)26(29(27)39)36-43-33(23-17-9-3-10-18-23)34(44-36)24-19-11-4-12-20-24/h1-20H,(H,41,42)(H,43,44). The first-order chi connectivity index (χ1) is 21.5. The molecule has 4 nitrogen and oxygen atoms in total. The summed E-state index contributed by atoms with van der Waals surface area (Å²) in [6, 6.07) is 39.7. The van der Waals surface area contributed by atoms with Gasteiger partial charge < -0.3 is 9.97 Å². The summed E-state index contributed by atoms with van der Waals surface area (Å²) in [5, 5.41) is 0.844. The molecule has 0 unspecified atom stereocenters. The van der Waals surface area contributed by atoms with Crippen LogP contribution < -0.4 is 0 Å². The van der Waals surface area contributed by atoms with E-state index in [1.165, 1.54) is 0 Å². The third-order valence-electron chi connectivity index (χ3n) is 7.36. The second-order valence-corrected chi connectivity index (χ2v) is 11.6. The highest BCUT2D eigenvalue weighted by atomic mass is 35.5. The molecule has 2 heterocycles. The van der Waals surface area contributed by atoms with E-state index < -0.39 is 0 Å². The molecule has 2 aromatic heterocycles. The van der Waals surface area contributed by atoms with Crippen LogP contribution in [-0.4, -0.2) is 19.9 Å². The van der Waals surface area contributed by atoms with E-state index in [1.807, 2.05) is 121 Å². The smallest absolute Gasteiger partial charge is 0.141 e. The summed E-state index contributed by atoms with van der Waals surface area (Å²) < 4.78 is 0. The lowest BCUT2D eigenvalue weighted by Gasteiger charge is -2.13. The molecule has 0 bridgehead atoms. The third kappa shape index (κ3) is 5.10. The predicted molar refractivity (Wildman–Crippen MR) is 183 cm³/mol. The molecule has 0 amide bonds. The van der Waals surface area contributed by atoms with Crippen LogP contribution in [-0.2, 0) is 0 Å². The molecule has 0 aliphatic carbocycles. The van der Waals surface area contributed by atoms with Crippen molar-refractivity contribution in [2.45, 2.75) is 0 Å². The number of nitrogens with one attached hydrogen (secondary N) is 2. The van der Waals surface area contributed by atoms with Gasteiger partial charge in [-0.3, -0.25) is 0 Å². The van der Waals surface area contributed by atoms with Crippen LogP contribution in [0.4, 0.5) is 0 Å². The predicted octanol–water partition coefficient (Wildman–Crippen LogP) is 11.7. The van der Waals surface area contributed by atoms with Crippen LogP contribution in [0.1, 0.15) is 0 Å². The average Bonchev–Trinajstić information content (AvgIpc) is 3.72. The SMILES string of the molecule is Clc1c(Cl)c(-c2nc(-c3ccccc3)c(-c3ccccc3)[nH]2)c(Cl)c(Cl)c1-c1nc(-c2ccccc2)c(-c2ccccc2)[nH]1. The summed E-state index contributed by atoms with van der Waals surface area (Å²) in [5.74, 6) is 0.893. The number of benzene rings is 5. The number of hydrogen-bond donors (Lipinski definition) is 2. The highest BCUT2D eigenvalue weighted by molar-refractivity contribution is 6.52. The van der Waals surface area contributed by atoms with E-state index in [1.54, 1.807) is 0 Å². The van der Waals surface area contributed by atoms with Crippen molar-refractivity contribution in [1.29, 1.82) is 0 Å². The summed E-state index contributed by atoms with van der Waals surface area (Å²) in [7, 11) is 0. The van der Waals surface area contributed by atoms with E-state index in [0.29, 0.717) is 22.8 Å². The summed E-state index contributed by atoms with van der Waals surface area (Å²) in [5.41, 5.74) is 7.76. The molecule has 5 aromatic carbocycles. The van der Waals surface area contributed by atoms with Gasteiger partial charge >= 0.3 is 0 Å². The fourth-order valence-electron chi connectivity index (χ4n) is 5.27. The Morgan fingerprint density at radius 3 is 0.932 bits per heavy atom. The van der Waals surface area contributed by atoms with E-state index in [-0.39, 0.29) is 20.1 Å². The minimum Gasteiger partial charge on any atom is -0.337 e. The number of halogens is 4. The number of rotatable bonds is 6. The van der Waals surface area contributed by atoms with Gasteiger partial charge in [-0.25, -0.2) is 9.97 Å². The van der Waals surface area contributed by atoms with Crippen LogP contribution in [0.5, 0.6) is 0 Å². The molecule has 2 N–H and O–H groups in total. The zero-order valence-corrected chi connectivity index (χ0v) is 26.0. The van der Waals surface area contributed by atoms with Crippen LogP contribution in [0, 0.1) is 0 Å². The third-order valence-corrected chi connectivity index (χ3v) is 9.07. The van der Waals surface area contributed by atoms with Gasteiger partial charge in [0.1, 0.15) is 11.6 Å². The molecular weight excluding hydrogens is 630 g/mol. The Balaban J connectivity index is 1.41. The van der Waals surface area contributed by atoms with Crippen molar-refractivity contribution in [1.82, 2.24) is 19.9 Å². The Bertz CT molecular complexity index is 1790. The van der Waals surface area contributed by atoms with Crippen molar-refractivity contribution in [3.05, 3.63) is 141 Å². The van der Waals surface area contributed by atoms with Crippen LogP contribution in [0.3, 0.4) is 0 Å². The lowest BCUT2D eigenvalue weighted by molar-refractivity contribution is 1.29. The number of imidazole rings is 2. The Labute approximate surface area is 274 Å². The van der Waals surface area contributed by atoms with Crippen molar-refractivity contribution in [3.8, 4) is 67.8 Å². The fraction of sp³-hybridized carbons (Fsp3) is 0. The molecule has 0 atom stereocenters. The lowest BCUT2D eigenvalue weighted by Crippen LogP contribution is -1.93. The van der Waals surface area contributed by atoms with Gasteiger partial charge in [-0.15, -0.1) is 0 Å². The van der Waals surface area contributed by atoms with Gasteiger partial charge in [0.05, 0.1) is 54.0 Å². The van der Waals surface area contributed by atoms with Gasteiger partial charge in [0.2, 0.25) is 0 Å². The van der Waals surface area contributed by atoms with E-state index in [2.05, 4.69) is 9.97 Å². The van der Waals surface area contributed by atoms with Crippen LogP contribution in [0.2, 0.25) is 20.1 Å². The largest absolute Gasteiger partial charge is 0.337 e. The first-order valence-corrected chi connectivity index (χ1v) is 15.3. The molecule has 7 rings (SSSR count). The van der Waals surface area contributed by atoms with Crippen LogP contribution in [0.15, 0.2) is 121 Å². The van der Waals surface area contributed by atoms with E-state index in [4.69, 9.17) is 56.4 Å². The number of H-pyrrole nitrogens is 2. The molecule has 0 aliphatic rings. The molecule has 0 saturated carbocycles. The fourth-order valence-corrected chi connectivity index (χ4v) is 6.48. The van der Waals surface area contributed by atoms with Gasteiger partial charge in [0.15, 0.2) is 0 Å². The van der Waals surface area contributed by atoms with Crippen molar-refractivity contribution >= 4 is 46.4 Å². The first-order valence-electron chi connectivity index (χ1n) is 13.8. The van der Waals surface area contributed by atoms with Gasteiger partial charge in [-0.1, -0.05) is 168 Å². The number of hydrogen-bond acceptors (Lipinski definition) is 2. The van der Waals surface area contributed by atoms with Gasteiger partial charge in [-0.05, 0) is 0 Å². The van der Waals surface area contributed by atoms with Crippen molar-refractivity contribution < 1.29 is 0 Å². The van der Waals surface area contributed by atoms with Gasteiger partial charge in [0, 0.05) is 22.3 Å². The normalized spacial score (nSPS) is 11.2. The minimum atomic E-state index is 0.211. The molecular formula is C36H22Cl4N4. The number of nitrogens with zero attached hydrogens (tertiary/aromatic N) is 2. The topological polar surface area (TPSA) is 57.4 Å². The summed E-state index contributed by atoms with van der Waals surface area (Å²) in [4.78, 5) is 16.8. The molecule has 0 saturated heterocycles. The first kappa shape index (κ1) is 28.5. The zero-order chi connectivity index (χ0) is 30.2. The van der Waals surface area contributed by atoms with E-state index >= 15 is 0 Å². The summed E-state index contributed by atoms with van der Waals surface area (Å²) in [6.07, 6.45) is 0. The summed E-state index contributed by atoms with van der Waals surface area (Å²) >= 11 is 28.1.